The van der Waals surface area contributed by atoms with E-state index >= 15 is 0 Å². The van der Waals surface area contributed by atoms with E-state index in [0.29, 0.717) is 34.4 Å². The summed E-state index contributed by atoms with van der Waals surface area (Å²) in [5, 5.41) is 10.6. The van der Waals surface area contributed by atoms with E-state index in [4.69, 9.17) is 4.74 Å². The van der Waals surface area contributed by atoms with Crippen LogP contribution in [0.25, 0.3) is 0 Å². The first-order valence-electron chi connectivity index (χ1n) is 14.0. The fraction of sp³-hybridized carbons (Fsp3) is 0.967. The van der Waals surface area contributed by atoms with E-state index in [1.54, 1.807) is 0 Å². The maximum Gasteiger partial charge on any atom is 0.138 e. The van der Waals surface area contributed by atoms with E-state index in [1.165, 1.54) is 38.5 Å². The lowest BCUT2D eigenvalue weighted by atomic mass is 9.35. The fourth-order valence-corrected chi connectivity index (χ4v) is 10.9. The van der Waals surface area contributed by atoms with Crippen molar-refractivity contribution in [2.75, 3.05) is 0 Å². The molecule has 0 amide bonds. The Morgan fingerprint density at radius 1 is 0.788 bits per heavy atom. The van der Waals surface area contributed by atoms with Gasteiger partial charge in [0, 0.05) is 11.8 Å². The molecule has 5 fully saturated rings. The second-order valence-electron chi connectivity index (χ2n) is 15.1. The van der Waals surface area contributed by atoms with Crippen LogP contribution in [0, 0.1) is 45.3 Å². The summed E-state index contributed by atoms with van der Waals surface area (Å²) < 4.78 is 6.72. The van der Waals surface area contributed by atoms with Gasteiger partial charge in [-0.25, -0.2) is 0 Å². The molecular formula is C30H50O3. The van der Waals surface area contributed by atoms with E-state index in [2.05, 4.69) is 41.5 Å². The van der Waals surface area contributed by atoms with Crippen molar-refractivity contribution < 1.29 is 14.6 Å². The molecule has 1 N–H and O–H groups in total. The van der Waals surface area contributed by atoms with Crippen molar-refractivity contribution in [1.82, 2.24) is 0 Å². The van der Waals surface area contributed by atoms with Gasteiger partial charge in [-0.05, 0) is 118 Å². The predicted octanol–water partition coefficient (Wildman–Crippen LogP) is 6.95. The summed E-state index contributed by atoms with van der Waals surface area (Å²) in [7, 11) is 0. The van der Waals surface area contributed by atoms with Crippen LogP contribution in [0.1, 0.15) is 120 Å². The van der Waals surface area contributed by atoms with Gasteiger partial charge in [0.25, 0.3) is 0 Å². The highest BCUT2D eigenvalue weighted by molar-refractivity contribution is 5.85. The highest BCUT2D eigenvalue weighted by atomic mass is 16.5. The van der Waals surface area contributed by atoms with Gasteiger partial charge >= 0.3 is 0 Å². The van der Waals surface area contributed by atoms with Crippen LogP contribution >= 0.6 is 0 Å². The Kier molecular flexibility index (Phi) is 5.22. The SMILES string of the molecule is CC(C)(O)[C@H]1CC[C@](C)([C@H]2CC[C@]3(C)[C@@H]2CC[C@H]2[C@@]4(C)CCC(=O)C(C)(C)[C@@H]4CC[C@]23C)O1. The lowest BCUT2D eigenvalue weighted by Gasteiger charge is -2.69. The van der Waals surface area contributed by atoms with Gasteiger partial charge in [-0.1, -0.05) is 34.6 Å². The van der Waals surface area contributed by atoms with Crippen molar-refractivity contribution in [1.29, 1.82) is 0 Å². The van der Waals surface area contributed by atoms with Gasteiger partial charge in [-0.3, -0.25) is 4.79 Å². The van der Waals surface area contributed by atoms with Gasteiger partial charge in [-0.2, -0.15) is 0 Å². The Balaban J connectivity index is 1.45. The molecule has 1 aliphatic heterocycles. The Morgan fingerprint density at radius 3 is 2.09 bits per heavy atom. The minimum atomic E-state index is -0.762. The Labute approximate surface area is 202 Å². The van der Waals surface area contributed by atoms with Crippen LogP contribution in [0.4, 0.5) is 0 Å². The normalized spacial score (nSPS) is 54.0. The molecule has 3 heteroatoms. The van der Waals surface area contributed by atoms with Gasteiger partial charge in [0.05, 0.1) is 17.3 Å². The zero-order valence-electron chi connectivity index (χ0n) is 22.7. The van der Waals surface area contributed by atoms with Crippen LogP contribution in [-0.4, -0.2) is 28.2 Å². The molecule has 0 aromatic heterocycles. The summed E-state index contributed by atoms with van der Waals surface area (Å²) >= 11 is 0. The minimum absolute atomic E-state index is 0.0439. The topological polar surface area (TPSA) is 46.5 Å². The third kappa shape index (κ3) is 3.09. The molecule has 188 valence electrons. The van der Waals surface area contributed by atoms with E-state index in [9.17, 15) is 9.90 Å². The molecule has 1 saturated heterocycles. The summed E-state index contributed by atoms with van der Waals surface area (Å²) in [6.07, 6.45) is 11.6. The van der Waals surface area contributed by atoms with Crippen LogP contribution in [-0.2, 0) is 9.53 Å². The number of Topliss-reactive ketones (excluding diaryl/α,β-unsaturated/α-hetero) is 1. The van der Waals surface area contributed by atoms with Gasteiger partial charge < -0.3 is 9.84 Å². The maximum atomic E-state index is 12.9. The number of fused-ring (bicyclic) bond motifs is 5. The quantitative estimate of drug-likeness (QED) is 0.487. The average Bonchev–Trinajstić information content (AvgIpc) is 3.27. The maximum absolute atomic E-state index is 12.9. The largest absolute Gasteiger partial charge is 0.388 e. The molecule has 33 heavy (non-hydrogen) atoms. The molecule has 0 unspecified atom stereocenters. The standard InChI is InChI=1S/C30H50O3/c1-25(2)21-12-17-29(7)22(27(21,5)15-13-23(25)31)10-9-19-20(11-16-28(19,29)6)30(8)18-14-24(33-30)26(3,4)32/h19-22,24,32H,9-18H2,1-8H3/t19-,20+,21+,22+,24-,27+,28-,29-,30-/m1/s1. The van der Waals surface area contributed by atoms with Crippen LogP contribution in [0.2, 0.25) is 0 Å². The molecule has 0 bridgehead atoms. The zero-order chi connectivity index (χ0) is 24.2. The highest BCUT2D eigenvalue weighted by Gasteiger charge is 2.70. The third-order valence-corrected chi connectivity index (χ3v) is 13.0. The number of rotatable bonds is 2. The van der Waals surface area contributed by atoms with Crippen LogP contribution in [0.15, 0.2) is 0 Å². The fourth-order valence-electron chi connectivity index (χ4n) is 10.9. The Bertz CT molecular complexity index is 825. The second kappa shape index (κ2) is 7.09. The Morgan fingerprint density at radius 2 is 1.45 bits per heavy atom. The Hall–Kier alpha value is -0.410. The summed E-state index contributed by atoms with van der Waals surface area (Å²) in [6, 6.07) is 0. The number of aliphatic hydroxyl groups is 1. The molecule has 4 saturated carbocycles. The lowest BCUT2D eigenvalue weighted by molar-refractivity contribution is -0.210. The molecule has 3 nitrogen and oxygen atoms in total. The lowest BCUT2D eigenvalue weighted by Crippen LogP contribution is -2.63. The van der Waals surface area contributed by atoms with Gasteiger partial charge in [0.15, 0.2) is 0 Å². The zero-order valence-corrected chi connectivity index (χ0v) is 22.7. The van der Waals surface area contributed by atoms with Gasteiger partial charge in [-0.15, -0.1) is 0 Å². The minimum Gasteiger partial charge on any atom is -0.388 e. The number of hydrogen-bond acceptors (Lipinski definition) is 3. The third-order valence-electron chi connectivity index (χ3n) is 13.0. The number of carbonyl (C=O) groups excluding carboxylic acids is 1. The number of ketones is 1. The smallest absolute Gasteiger partial charge is 0.138 e. The molecule has 1 heterocycles. The van der Waals surface area contributed by atoms with Gasteiger partial charge in [0.2, 0.25) is 0 Å². The van der Waals surface area contributed by atoms with Crippen molar-refractivity contribution >= 4 is 5.78 Å². The summed E-state index contributed by atoms with van der Waals surface area (Å²) in [4.78, 5) is 12.9. The first-order chi connectivity index (χ1) is 15.1. The molecule has 0 radical (unpaired) electrons. The van der Waals surface area contributed by atoms with Crippen LogP contribution in [0.5, 0.6) is 0 Å². The molecular weight excluding hydrogens is 408 g/mol. The molecule has 4 aliphatic carbocycles. The second-order valence-corrected chi connectivity index (χ2v) is 15.1. The van der Waals surface area contributed by atoms with Crippen molar-refractivity contribution in [3.63, 3.8) is 0 Å². The monoisotopic (exact) mass is 458 g/mol. The average molecular weight is 459 g/mol. The molecule has 5 rings (SSSR count). The summed E-state index contributed by atoms with van der Waals surface area (Å²) in [5.74, 6) is 3.06. The van der Waals surface area contributed by atoms with E-state index < -0.39 is 5.60 Å². The summed E-state index contributed by atoms with van der Waals surface area (Å²) in [6.45, 7) is 18.5. The van der Waals surface area contributed by atoms with E-state index in [-0.39, 0.29) is 22.5 Å². The molecule has 9 atom stereocenters. The number of ether oxygens (including phenoxy) is 1. The van der Waals surface area contributed by atoms with Crippen molar-refractivity contribution in [3.8, 4) is 0 Å². The molecule has 0 spiro atoms. The molecule has 5 aliphatic rings. The van der Waals surface area contributed by atoms with Crippen molar-refractivity contribution in [2.24, 2.45) is 45.3 Å². The summed E-state index contributed by atoms with van der Waals surface area (Å²) in [5.41, 5.74) is -0.0493. The van der Waals surface area contributed by atoms with Crippen molar-refractivity contribution in [3.05, 3.63) is 0 Å². The van der Waals surface area contributed by atoms with Crippen molar-refractivity contribution in [2.45, 2.75) is 137 Å². The molecule has 0 aromatic carbocycles. The van der Waals surface area contributed by atoms with Gasteiger partial charge in [0.1, 0.15) is 5.78 Å². The first-order valence-corrected chi connectivity index (χ1v) is 14.0. The van der Waals surface area contributed by atoms with Crippen LogP contribution < -0.4 is 0 Å². The number of carbonyl (C=O) groups is 1. The molecule has 0 aromatic rings. The van der Waals surface area contributed by atoms with E-state index in [0.717, 1.165) is 31.6 Å². The van der Waals surface area contributed by atoms with E-state index in [1.807, 2.05) is 13.8 Å². The van der Waals surface area contributed by atoms with Crippen LogP contribution in [0.3, 0.4) is 0 Å². The predicted molar refractivity (Wildman–Crippen MR) is 133 cm³/mol. The highest BCUT2D eigenvalue weighted by Crippen LogP contribution is 2.75. The first kappa shape index (κ1) is 24.3. The number of hydrogen-bond donors (Lipinski definition) is 1.